The maximum absolute atomic E-state index is 7.36. The fourth-order valence-electron chi connectivity index (χ4n) is 1.85. The van der Waals surface area contributed by atoms with Crippen molar-refractivity contribution in [3.05, 3.63) is 18.0 Å². The second-order valence-electron chi connectivity index (χ2n) is 4.57. The summed E-state index contributed by atoms with van der Waals surface area (Å²) in [6, 6.07) is 0.501. The lowest BCUT2D eigenvalue weighted by atomic mass is 10.3. The van der Waals surface area contributed by atoms with Gasteiger partial charge in [0.1, 0.15) is 16.8 Å². The van der Waals surface area contributed by atoms with Crippen LogP contribution in [0.2, 0.25) is 0 Å². The maximum atomic E-state index is 7.36. The number of nitrogens with one attached hydrogen (secondary N) is 2. The van der Waals surface area contributed by atoms with Crippen molar-refractivity contribution < 1.29 is 0 Å². The Bertz CT molecular complexity index is 652. The number of anilines is 4. The SMILES string of the molecule is N=C(Cl)c1c(N)nc(Nc2cnn(C3CC3)c2)nc1N. The number of rotatable bonds is 4. The van der Waals surface area contributed by atoms with Crippen molar-refractivity contribution in [2.45, 2.75) is 18.9 Å². The van der Waals surface area contributed by atoms with Gasteiger partial charge in [0.15, 0.2) is 0 Å². The Morgan fingerprint density at radius 1 is 1.35 bits per heavy atom. The Kier molecular flexibility index (Phi) is 2.94. The van der Waals surface area contributed by atoms with Gasteiger partial charge < -0.3 is 16.8 Å². The number of nitrogens with two attached hydrogens (primary N) is 2. The van der Waals surface area contributed by atoms with E-state index in [1.807, 2.05) is 10.9 Å². The number of hydrogen-bond acceptors (Lipinski definition) is 7. The number of nitrogens with zero attached hydrogens (tertiary/aromatic N) is 4. The van der Waals surface area contributed by atoms with Gasteiger partial charge in [0.2, 0.25) is 5.95 Å². The first kappa shape index (κ1) is 12.7. The molecule has 9 heteroatoms. The molecule has 3 rings (SSSR count). The van der Waals surface area contributed by atoms with Gasteiger partial charge in [-0.15, -0.1) is 0 Å². The molecule has 0 atom stereocenters. The molecule has 0 radical (unpaired) electrons. The zero-order chi connectivity index (χ0) is 14.3. The van der Waals surface area contributed by atoms with E-state index in [0.717, 1.165) is 18.5 Å². The Morgan fingerprint density at radius 2 is 2.00 bits per heavy atom. The second-order valence-corrected chi connectivity index (χ2v) is 4.95. The van der Waals surface area contributed by atoms with Gasteiger partial charge in [-0.1, -0.05) is 11.6 Å². The summed E-state index contributed by atoms with van der Waals surface area (Å²) in [6.45, 7) is 0. The van der Waals surface area contributed by atoms with Crippen molar-refractivity contribution in [1.82, 2.24) is 19.7 Å². The number of halogens is 1. The number of aromatic nitrogens is 4. The number of hydrogen-bond donors (Lipinski definition) is 4. The molecule has 1 aliphatic rings. The molecular weight excluding hydrogens is 280 g/mol. The van der Waals surface area contributed by atoms with Crippen LogP contribution in [0.1, 0.15) is 24.4 Å². The van der Waals surface area contributed by atoms with Crippen LogP contribution < -0.4 is 16.8 Å². The van der Waals surface area contributed by atoms with E-state index in [2.05, 4.69) is 20.4 Å². The summed E-state index contributed by atoms with van der Waals surface area (Å²) in [4.78, 5) is 8.07. The summed E-state index contributed by atoms with van der Waals surface area (Å²) < 4.78 is 1.90. The van der Waals surface area contributed by atoms with Gasteiger partial charge >= 0.3 is 0 Å². The van der Waals surface area contributed by atoms with E-state index in [4.69, 9.17) is 28.5 Å². The van der Waals surface area contributed by atoms with Crippen molar-refractivity contribution in [2.24, 2.45) is 0 Å². The van der Waals surface area contributed by atoms with E-state index in [9.17, 15) is 0 Å². The topological polar surface area (TPSA) is 132 Å². The molecule has 0 unspecified atom stereocenters. The van der Waals surface area contributed by atoms with Gasteiger partial charge in [-0.3, -0.25) is 10.1 Å². The highest BCUT2D eigenvalue weighted by Gasteiger charge is 2.24. The zero-order valence-corrected chi connectivity index (χ0v) is 11.2. The molecule has 2 aromatic heterocycles. The lowest BCUT2D eigenvalue weighted by molar-refractivity contribution is 0.642. The predicted molar refractivity (Wildman–Crippen MR) is 77.3 cm³/mol. The third-order valence-corrected chi connectivity index (χ3v) is 3.15. The highest BCUT2D eigenvalue weighted by molar-refractivity contribution is 6.69. The molecule has 0 saturated heterocycles. The Labute approximate surface area is 119 Å². The molecule has 0 aromatic carbocycles. The summed E-state index contributed by atoms with van der Waals surface area (Å²) in [5.74, 6) is 0.376. The largest absolute Gasteiger partial charge is 0.383 e. The molecule has 104 valence electrons. The lowest BCUT2D eigenvalue weighted by Crippen LogP contribution is -2.10. The van der Waals surface area contributed by atoms with E-state index in [0.29, 0.717) is 6.04 Å². The van der Waals surface area contributed by atoms with Crippen LogP contribution in [0.15, 0.2) is 12.4 Å². The van der Waals surface area contributed by atoms with Crippen LogP contribution >= 0.6 is 11.6 Å². The van der Waals surface area contributed by atoms with Crippen LogP contribution in [0.3, 0.4) is 0 Å². The first-order valence-electron chi connectivity index (χ1n) is 6.03. The third-order valence-electron chi connectivity index (χ3n) is 2.96. The molecule has 2 heterocycles. The minimum atomic E-state index is -0.284. The molecule has 0 amide bonds. The minimum absolute atomic E-state index is 0.0644. The minimum Gasteiger partial charge on any atom is -0.383 e. The standard InChI is InChI=1S/C11H13ClN8/c12-8(13)7-9(14)18-11(19-10(7)15)17-5-3-16-20(4-5)6-1-2-6/h3-4,6,13H,1-2H2,(H5,14,15,17,18,19). The van der Waals surface area contributed by atoms with Crippen LogP contribution in [-0.4, -0.2) is 24.9 Å². The second kappa shape index (κ2) is 4.64. The van der Waals surface area contributed by atoms with E-state index >= 15 is 0 Å². The molecule has 1 fully saturated rings. The Balaban J connectivity index is 1.84. The molecule has 0 aliphatic heterocycles. The normalized spacial score (nSPS) is 14.2. The van der Waals surface area contributed by atoms with Gasteiger partial charge in [0, 0.05) is 6.20 Å². The summed E-state index contributed by atoms with van der Waals surface area (Å²) >= 11 is 5.58. The fraction of sp³-hybridized carbons (Fsp3) is 0.273. The lowest BCUT2D eigenvalue weighted by Gasteiger charge is -2.08. The quantitative estimate of drug-likeness (QED) is 0.631. The smallest absolute Gasteiger partial charge is 0.231 e. The van der Waals surface area contributed by atoms with Crippen LogP contribution in [-0.2, 0) is 0 Å². The number of nitrogen functional groups attached to an aromatic ring is 2. The van der Waals surface area contributed by atoms with Crippen LogP contribution in [0.25, 0.3) is 0 Å². The van der Waals surface area contributed by atoms with Crippen LogP contribution in [0, 0.1) is 5.41 Å². The molecule has 2 aromatic rings. The maximum Gasteiger partial charge on any atom is 0.231 e. The first-order chi connectivity index (χ1) is 9.54. The van der Waals surface area contributed by atoms with Crippen molar-refractivity contribution in [1.29, 1.82) is 5.41 Å². The van der Waals surface area contributed by atoms with Crippen molar-refractivity contribution in [3.63, 3.8) is 0 Å². The van der Waals surface area contributed by atoms with E-state index in [-0.39, 0.29) is 28.3 Å². The molecular formula is C11H13ClN8. The van der Waals surface area contributed by atoms with Gasteiger partial charge in [-0.2, -0.15) is 15.1 Å². The molecule has 20 heavy (non-hydrogen) atoms. The molecule has 6 N–H and O–H groups in total. The highest BCUT2D eigenvalue weighted by Crippen LogP contribution is 2.34. The van der Waals surface area contributed by atoms with Crippen LogP contribution in [0.4, 0.5) is 23.3 Å². The summed E-state index contributed by atoms with van der Waals surface area (Å²) in [6.07, 6.45) is 5.88. The average molecular weight is 293 g/mol. The third kappa shape index (κ3) is 2.37. The van der Waals surface area contributed by atoms with E-state index < -0.39 is 0 Å². The van der Waals surface area contributed by atoms with Crippen molar-refractivity contribution in [2.75, 3.05) is 16.8 Å². The highest BCUT2D eigenvalue weighted by atomic mass is 35.5. The van der Waals surface area contributed by atoms with E-state index in [1.165, 1.54) is 0 Å². The van der Waals surface area contributed by atoms with Gasteiger partial charge in [0.25, 0.3) is 0 Å². The molecule has 0 spiro atoms. The van der Waals surface area contributed by atoms with Gasteiger partial charge in [-0.25, -0.2) is 0 Å². The zero-order valence-electron chi connectivity index (χ0n) is 10.5. The average Bonchev–Trinajstić information content (AvgIpc) is 3.09. The Hall–Kier alpha value is -2.35. The summed E-state index contributed by atoms with van der Waals surface area (Å²) in [5.41, 5.74) is 12.3. The molecule has 8 nitrogen and oxygen atoms in total. The molecule has 1 saturated carbocycles. The monoisotopic (exact) mass is 292 g/mol. The van der Waals surface area contributed by atoms with Crippen molar-refractivity contribution in [3.8, 4) is 0 Å². The molecule has 1 aliphatic carbocycles. The summed E-state index contributed by atoms with van der Waals surface area (Å²) in [5, 5.41) is 14.3. The van der Waals surface area contributed by atoms with Crippen LogP contribution in [0.5, 0.6) is 0 Å². The molecule has 0 bridgehead atoms. The predicted octanol–water partition coefficient (Wildman–Crippen LogP) is 1.48. The fourth-order valence-corrected chi connectivity index (χ4v) is 2.04. The van der Waals surface area contributed by atoms with Crippen molar-refractivity contribution >= 4 is 40.0 Å². The van der Waals surface area contributed by atoms with Gasteiger partial charge in [0.05, 0.1) is 23.5 Å². The first-order valence-corrected chi connectivity index (χ1v) is 6.41. The summed E-state index contributed by atoms with van der Waals surface area (Å²) in [7, 11) is 0. The van der Waals surface area contributed by atoms with Gasteiger partial charge in [-0.05, 0) is 12.8 Å². The Morgan fingerprint density at radius 3 is 2.55 bits per heavy atom. The van der Waals surface area contributed by atoms with E-state index in [1.54, 1.807) is 6.20 Å².